The summed E-state index contributed by atoms with van der Waals surface area (Å²) in [7, 11) is 1.57. The molecule has 0 unspecified atom stereocenters. The molecule has 2 N–H and O–H groups in total. The van der Waals surface area contributed by atoms with Crippen molar-refractivity contribution in [1.29, 1.82) is 0 Å². The van der Waals surface area contributed by atoms with Crippen molar-refractivity contribution >= 4 is 23.3 Å². The maximum atomic E-state index is 11.9. The van der Waals surface area contributed by atoms with E-state index in [0.29, 0.717) is 11.5 Å². The molecule has 0 atom stereocenters. The molecule has 0 aliphatic carbocycles. The lowest BCUT2D eigenvalue weighted by Gasteiger charge is -2.10. The summed E-state index contributed by atoms with van der Waals surface area (Å²) in [6.45, 7) is -0.386. The predicted molar refractivity (Wildman–Crippen MR) is 117 cm³/mol. The fourth-order valence-corrected chi connectivity index (χ4v) is 2.75. The van der Waals surface area contributed by atoms with Gasteiger partial charge in [-0.05, 0) is 42.5 Å². The molecule has 0 radical (unpaired) electrons. The van der Waals surface area contributed by atoms with Crippen LogP contribution in [-0.2, 0) is 20.9 Å². The predicted octanol–water partition coefficient (Wildman–Crippen LogP) is 3.68. The van der Waals surface area contributed by atoms with Gasteiger partial charge in [0.15, 0.2) is 13.2 Å². The van der Waals surface area contributed by atoms with Gasteiger partial charge in [0, 0.05) is 23.5 Å². The summed E-state index contributed by atoms with van der Waals surface area (Å²) in [5, 5.41) is 5.95. The summed E-state index contributed by atoms with van der Waals surface area (Å²) in [4.78, 5) is 23.7. The topological polar surface area (TPSA) is 85.9 Å². The van der Waals surface area contributed by atoms with E-state index in [2.05, 4.69) is 10.6 Å². The average molecular weight is 420 g/mol. The molecule has 160 valence electrons. The van der Waals surface area contributed by atoms with Crippen LogP contribution < -0.4 is 20.1 Å². The fourth-order valence-electron chi connectivity index (χ4n) is 2.75. The third kappa shape index (κ3) is 7.08. The van der Waals surface area contributed by atoms with E-state index in [0.717, 1.165) is 16.9 Å². The van der Waals surface area contributed by atoms with E-state index in [1.165, 1.54) is 0 Å². The van der Waals surface area contributed by atoms with Crippen LogP contribution in [0, 0.1) is 0 Å². The molecular formula is C24H24N2O5. The Balaban J connectivity index is 1.36. The number of hydrogen-bond donors (Lipinski definition) is 2. The molecule has 0 fully saturated rings. The first-order valence-electron chi connectivity index (χ1n) is 9.73. The van der Waals surface area contributed by atoms with E-state index in [9.17, 15) is 9.59 Å². The molecule has 7 heteroatoms. The molecule has 0 saturated carbocycles. The summed E-state index contributed by atoms with van der Waals surface area (Å²) in [5.41, 5.74) is 2.70. The molecule has 0 aromatic heterocycles. The molecule has 0 saturated heterocycles. The number of anilines is 2. The van der Waals surface area contributed by atoms with Crippen LogP contribution in [0.1, 0.15) is 5.56 Å². The molecule has 0 heterocycles. The summed E-state index contributed by atoms with van der Waals surface area (Å²) in [6, 6.07) is 24.3. The number of nitrogens with one attached hydrogen (secondary N) is 2. The van der Waals surface area contributed by atoms with Crippen LogP contribution >= 0.6 is 0 Å². The van der Waals surface area contributed by atoms with Crippen molar-refractivity contribution < 1.29 is 23.8 Å². The van der Waals surface area contributed by atoms with Crippen molar-refractivity contribution in [1.82, 2.24) is 5.32 Å². The van der Waals surface area contributed by atoms with Crippen LogP contribution in [0.5, 0.6) is 11.5 Å². The van der Waals surface area contributed by atoms with Gasteiger partial charge in [0.25, 0.3) is 5.91 Å². The number of benzene rings is 3. The van der Waals surface area contributed by atoms with Gasteiger partial charge in [-0.15, -0.1) is 0 Å². The van der Waals surface area contributed by atoms with Gasteiger partial charge in [0.05, 0.1) is 7.11 Å². The first-order chi connectivity index (χ1) is 15.1. The Morgan fingerprint density at radius 3 is 2.23 bits per heavy atom. The van der Waals surface area contributed by atoms with E-state index in [4.69, 9.17) is 14.2 Å². The van der Waals surface area contributed by atoms with E-state index in [-0.39, 0.29) is 19.8 Å². The monoisotopic (exact) mass is 420 g/mol. The highest BCUT2D eigenvalue weighted by atomic mass is 16.6. The molecule has 3 rings (SSSR count). The lowest BCUT2D eigenvalue weighted by atomic mass is 10.2. The van der Waals surface area contributed by atoms with Gasteiger partial charge in [-0.1, -0.05) is 36.4 Å². The zero-order chi connectivity index (χ0) is 21.9. The minimum atomic E-state index is -0.626. The molecule has 31 heavy (non-hydrogen) atoms. The van der Waals surface area contributed by atoms with Crippen LogP contribution in [-0.4, -0.2) is 32.2 Å². The second-order valence-electron chi connectivity index (χ2n) is 6.55. The van der Waals surface area contributed by atoms with Gasteiger partial charge < -0.3 is 24.8 Å². The van der Waals surface area contributed by atoms with Gasteiger partial charge in [0.1, 0.15) is 11.5 Å². The normalized spacial score (nSPS) is 10.1. The van der Waals surface area contributed by atoms with E-state index in [1.807, 2.05) is 66.7 Å². The molecule has 7 nitrogen and oxygen atoms in total. The lowest BCUT2D eigenvalue weighted by Crippen LogP contribution is -2.29. The Morgan fingerprint density at radius 2 is 1.48 bits per heavy atom. The Morgan fingerprint density at radius 1 is 0.806 bits per heavy atom. The number of hydrogen-bond acceptors (Lipinski definition) is 6. The van der Waals surface area contributed by atoms with Crippen molar-refractivity contribution in [3.05, 3.63) is 84.4 Å². The number of methoxy groups -OCH3 is 1. The SMILES string of the molecule is COc1ccccc1CNC(=O)COC(=O)COc1ccc(Nc2ccccc2)cc1. The highest BCUT2D eigenvalue weighted by Crippen LogP contribution is 2.20. The van der Waals surface area contributed by atoms with Crippen LogP contribution in [0.15, 0.2) is 78.9 Å². The third-order valence-electron chi connectivity index (χ3n) is 4.31. The minimum Gasteiger partial charge on any atom is -0.496 e. The molecule has 0 aliphatic heterocycles. The third-order valence-corrected chi connectivity index (χ3v) is 4.31. The minimum absolute atomic E-state index is 0.278. The van der Waals surface area contributed by atoms with Crippen molar-refractivity contribution in [3.8, 4) is 11.5 Å². The number of esters is 1. The van der Waals surface area contributed by atoms with E-state index in [1.54, 1.807) is 19.2 Å². The zero-order valence-electron chi connectivity index (χ0n) is 17.2. The lowest BCUT2D eigenvalue weighted by molar-refractivity contribution is -0.150. The highest BCUT2D eigenvalue weighted by molar-refractivity contribution is 5.81. The number of ether oxygens (including phenoxy) is 3. The summed E-state index contributed by atoms with van der Waals surface area (Å²) < 4.78 is 15.6. The first-order valence-corrected chi connectivity index (χ1v) is 9.73. The van der Waals surface area contributed by atoms with Gasteiger partial charge in [-0.25, -0.2) is 4.79 Å². The second-order valence-corrected chi connectivity index (χ2v) is 6.55. The van der Waals surface area contributed by atoms with Crippen LogP contribution in [0.2, 0.25) is 0 Å². The molecule has 0 spiro atoms. The van der Waals surface area contributed by atoms with Crippen molar-refractivity contribution in [2.45, 2.75) is 6.54 Å². The summed E-state index contributed by atoms with van der Waals surface area (Å²) in [6.07, 6.45) is 0. The summed E-state index contributed by atoms with van der Waals surface area (Å²) >= 11 is 0. The number of carbonyl (C=O) groups excluding carboxylic acids is 2. The number of amides is 1. The van der Waals surface area contributed by atoms with Gasteiger partial charge in [-0.3, -0.25) is 4.79 Å². The zero-order valence-corrected chi connectivity index (χ0v) is 17.2. The Hall–Kier alpha value is -4.00. The van der Waals surface area contributed by atoms with Crippen LogP contribution in [0.4, 0.5) is 11.4 Å². The molecule has 1 amide bonds. The second kappa shape index (κ2) is 11.3. The largest absolute Gasteiger partial charge is 0.496 e. The highest BCUT2D eigenvalue weighted by Gasteiger charge is 2.10. The van der Waals surface area contributed by atoms with Gasteiger partial charge in [-0.2, -0.15) is 0 Å². The molecule has 0 bridgehead atoms. The Kier molecular flexibility index (Phi) is 7.88. The maximum Gasteiger partial charge on any atom is 0.344 e. The van der Waals surface area contributed by atoms with Crippen molar-refractivity contribution in [2.24, 2.45) is 0 Å². The average Bonchev–Trinajstić information content (AvgIpc) is 2.81. The Bertz CT molecular complexity index is 990. The number of rotatable bonds is 10. The quantitative estimate of drug-likeness (QED) is 0.487. The first kappa shape index (κ1) is 21.7. The number of para-hydroxylation sites is 2. The Labute approximate surface area is 180 Å². The van der Waals surface area contributed by atoms with E-state index < -0.39 is 11.9 Å². The maximum absolute atomic E-state index is 11.9. The molecule has 0 aliphatic rings. The molecular weight excluding hydrogens is 396 g/mol. The van der Waals surface area contributed by atoms with Crippen molar-refractivity contribution in [2.75, 3.05) is 25.6 Å². The standard InChI is InChI=1S/C24H24N2O5/c1-29-22-10-6-5-7-18(22)15-25-23(27)16-31-24(28)17-30-21-13-11-20(12-14-21)26-19-8-3-2-4-9-19/h2-14,26H,15-17H2,1H3,(H,25,27). The fraction of sp³-hybridized carbons (Fsp3) is 0.167. The molecule has 3 aromatic carbocycles. The van der Waals surface area contributed by atoms with Crippen molar-refractivity contribution in [3.63, 3.8) is 0 Å². The smallest absolute Gasteiger partial charge is 0.344 e. The molecule has 3 aromatic rings. The van der Waals surface area contributed by atoms with Crippen LogP contribution in [0.3, 0.4) is 0 Å². The van der Waals surface area contributed by atoms with Crippen LogP contribution in [0.25, 0.3) is 0 Å². The summed E-state index contributed by atoms with van der Waals surface area (Å²) in [5.74, 6) is 0.170. The van der Waals surface area contributed by atoms with E-state index >= 15 is 0 Å². The number of carbonyl (C=O) groups is 2. The van der Waals surface area contributed by atoms with Gasteiger partial charge >= 0.3 is 5.97 Å². The van der Waals surface area contributed by atoms with Gasteiger partial charge in [0.2, 0.25) is 0 Å².